The van der Waals surface area contributed by atoms with Crippen LogP contribution >= 0.6 is 0 Å². The monoisotopic (exact) mass is 130 g/mol. The van der Waals surface area contributed by atoms with Crippen molar-refractivity contribution in [3.05, 3.63) is 12.7 Å². The van der Waals surface area contributed by atoms with E-state index in [4.69, 9.17) is 9.84 Å². The first-order chi connectivity index (χ1) is 4.26. The largest absolute Gasteiger partial charge is 0.390 e. The lowest BCUT2D eigenvalue weighted by Crippen LogP contribution is -2.24. The van der Waals surface area contributed by atoms with Gasteiger partial charge in [0.2, 0.25) is 0 Å². The van der Waals surface area contributed by atoms with Gasteiger partial charge in [-0.2, -0.15) is 0 Å². The number of aliphatic hydroxyl groups excluding tert-OH is 1. The van der Waals surface area contributed by atoms with Gasteiger partial charge >= 0.3 is 0 Å². The fraction of sp³-hybridized carbons (Fsp3) is 0.714. The summed E-state index contributed by atoms with van der Waals surface area (Å²) in [6.07, 6.45) is 1.68. The van der Waals surface area contributed by atoms with Gasteiger partial charge in [-0.25, -0.2) is 0 Å². The lowest BCUT2D eigenvalue weighted by Gasteiger charge is -2.15. The van der Waals surface area contributed by atoms with Crippen LogP contribution in [0.3, 0.4) is 0 Å². The van der Waals surface area contributed by atoms with Gasteiger partial charge in [0.1, 0.15) is 6.10 Å². The number of rotatable bonds is 4. The normalized spacial score (nSPS) is 16.8. The molecule has 2 heteroatoms. The van der Waals surface area contributed by atoms with E-state index in [1.807, 2.05) is 6.92 Å². The average Bonchev–Trinajstić information content (AvgIpc) is 1.90. The topological polar surface area (TPSA) is 29.5 Å². The predicted molar refractivity (Wildman–Crippen MR) is 37.3 cm³/mol. The van der Waals surface area contributed by atoms with Gasteiger partial charge < -0.3 is 9.84 Å². The van der Waals surface area contributed by atoms with Gasteiger partial charge in [-0.3, -0.25) is 0 Å². The molecule has 0 spiro atoms. The number of hydrogen-bond donors (Lipinski definition) is 1. The fourth-order valence-corrected chi connectivity index (χ4v) is 0.643. The summed E-state index contributed by atoms with van der Waals surface area (Å²) in [6.45, 7) is 5.42. The van der Waals surface area contributed by atoms with E-state index in [1.54, 1.807) is 13.2 Å². The second-order valence-corrected chi connectivity index (χ2v) is 1.91. The Hall–Kier alpha value is -0.340. The zero-order valence-electron chi connectivity index (χ0n) is 6.00. The minimum absolute atomic E-state index is 0.213. The molecule has 0 fully saturated rings. The van der Waals surface area contributed by atoms with Gasteiger partial charge in [0.05, 0.1) is 6.10 Å². The van der Waals surface area contributed by atoms with Crippen LogP contribution < -0.4 is 0 Å². The second-order valence-electron chi connectivity index (χ2n) is 1.91. The Bertz CT molecular complexity index is 81.0. The fourth-order valence-electron chi connectivity index (χ4n) is 0.643. The summed E-state index contributed by atoms with van der Waals surface area (Å²) in [5.74, 6) is 0. The summed E-state index contributed by atoms with van der Waals surface area (Å²) in [5, 5.41) is 9.12. The van der Waals surface area contributed by atoms with Crippen molar-refractivity contribution < 1.29 is 9.84 Å². The van der Waals surface area contributed by atoms with E-state index in [2.05, 4.69) is 6.58 Å². The van der Waals surface area contributed by atoms with Gasteiger partial charge in [0, 0.05) is 7.11 Å². The third-order valence-corrected chi connectivity index (χ3v) is 1.30. The first-order valence-corrected chi connectivity index (χ1v) is 3.09. The van der Waals surface area contributed by atoms with Crippen molar-refractivity contribution in [1.29, 1.82) is 0 Å². The SMILES string of the molecule is C=C[C@H](OC)[C@H](O)CC. The summed E-state index contributed by atoms with van der Waals surface area (Å²) >= 11 is 0. The molecule has 0 bridgehead atoms. The Balaban J connectivity index is 3.63. The molecule has 2 atom stereocenters. The highest BCUT2D eigenvalue weighted by Crippen LogP contribution is 2.02. The van der Waals surface area contributed by atoms with Crippen LogP contribution in [0.4, 0.5) is 0 Å². The number of methoxy groups -OCH3 is 1. The highest BCUT2D eigenvalue weighted by atomic mass is 16.5. The highest BCUT2D eigenvalue weighted by molar-refractivity contribution is 4.84. The number of hydrogen-bond acceptors (Lipinski definition) is 2. The zero-order chi connectivity index (χ0) is 7.28. The van der Waals surface area contributed by atoms with Crippen molar-refractivity contribution in [2.45, 2.75) is 25.6 Å². The number of aliphatic hydroxyl groups is 1. The van der Waals surface area contributed by atoms with Crippen molar-refractivity contribution in [3.63, 3.8) is 0 Å². The first kappa shape index (κ1) is 8.66. The average molecular weight is 130 g/mol. The standard InChI is InChI=1S/C7H14O2/c1-4-6(8)7(5-2)9-3/h5-8H,2,4H2,1,3H3/t6-,7+/m1/s1. The van der Waals surface area contributed by atoms with E-state index < -0.39 is 6.10 Å². The summed E-state index contributed by atoms with van der Waals surface area (Å²) in [5.41, 5.74) is 0. The lowest BCUT2D eigenvalue weighted by molar-refractivity contribution is 0.0156. The minimum Gasteiger partial charge on any atom is -0.390 e. The molecule has 0 aromatic rings. The van der Waals surface area contributed by atoms with Crippen molar-refractivity contribution in [3.8, 4) is 0 Å². The van der Waals surface area contributed by atoms with Gasteiger partial charge in [-0.15, -0.1) is 6.58 Å². The summed E-state index contributed by atoms with van der Waals surface area (Å²) in [7, 11) is 1.56. The third-order valence-electron chi connectivity index (χ3n) is 1.30. The second kappa shape index (κ2) is 4.53. The molecule has 0 unspecified atom stereocenters. The Morgan fingerprint density at radius 1 is 1.78 bits per heavy atom. The molecule has 0 rings (SSSR count). The predicted octanol–water partition coefficient (Wildman–Crippen LogP) is 0.958. The molecule has 0 aliphatic carbocycles. The van der Waals surface area contributed by atoms with Crippen LogP contribution in [0.2, 0.25) is 0 Å². The van der Waals surface area contributed by atoms with E-state index >= 15 is 0 Å². The molecular formula is C7H14O2. The van der Waals surface area contributed by atoms with Crippen LogP contribution in [0.15, 0.2) is 12.7 Å². The Kier molecular flexibility index (Phi) is 4.36. The molecule has 0 aliphatic heterocycles. The van der Waals surface area contributed by atoms with Crippen LogP contribution in [0.5, 0.6) is 0 Å². The summed E-state index contributed by atoms with van der Waals surface area (Å²) < 4.78 is 4.88. The molecule has 0 radical (unpaired) electrons. The smallest absolute Gasteiger partial charge is 0.101 e. The van der Waals surface area contributed by atoms with Crippen LogP contribution in [-0.2, 0) is 4.74 Å². The molecule has 0 saturated carbocycles. The molecule has 0 saturated heterocycles. The van der Waals surface area contributed by atoms with E-state index in [-0.39, 0.29) is 6.10 Å². The molecule has 0 aliphatic rings. The van der Waals surface area contributed by atoms with E-state index in [0.717, 1.165) is 0 Å². The molecule has 1 N–H and O–H groups in total. The quantitative estimate of drug-likeness (QED) is 0.574. The molecule has 2 nitrogen and oxygen atoms in total. The maximum atomic E-state index is 9.12. The molecule has 0 amide bonds. The maximum absolute atomic E-state index is 9.12. The molecule has 0 aromatic carbocycles. The highest BCUT2D eigenvalue weighted by Gasteiger charge is 2.11. The van der Waals surface area contributed by atoms with Crippen molar-refractivity contribution in [2.75, 3.05) is 7.11 Å². The Morgan fingerprint density at radius 3 is 2.44 bits per heavy atom. The van der Waals surface area contributed by atoms with E-state index in [9.17, 15) is 0 Å². The third kappa shape index (κ3) is 2.63. The van der Waals surface area contributed by atoms with Crippen molar-refractivity contribution in [2.24, 2.45) is 0 Å². The lowest BCUT2D eigenvalue weighted by atomic mass is 10.1. The van der Waals surface area contributed by atoms with Crippen LogP contribution in [0.25, 0.3) is 0 Å². The Morgan fingerprint density at radius 2 is 2.33 bits per heavy atom. The minimum atomic E-state index is -0.410. The summed E-state index contributed by atoms with van der Waals surface area (Å²) in [4.78, 5) is 0. The Labute approximate surface area is 56.1 Å². The van der Waals surface area contributed by atoms with Gasteiger partial charge in [0.15, 0.2) is 0 Å². The van der Waals surface area contributed by atoms with Gasteiger partial charge in [0.25, 0.3) is 0 Å². The van der Waals surface area contributed by atoms with Crippen molar-refractivity contribution in [1.82, 2.24) is 0 Å². The zero-order valence-corrected chi connectivity index (χ0v) is 6.00. The summed E-state index contributed by atoms with van der Waals surface area (Å²) in [6, 6.07) is 0. The van der Waals surface area contributed by atoms with Gasteiger partial charge in [-0.05, 0) is 6.42 Å². The van der Waals surface area contributed by atoms with E-state index in [1.165, 1.54) is 0 Å². The van der Waals surface area contributed by atoms with Crippen LogP contribution in [0, 0.1) is 0 Å². The van der Waals surface area contributed by atoms with E-state index in [0.29, 0.717) is 6.42 Å². The molecule has 0 aromatic heterocycles. The molecule has 9 heavy (non-hydrogen) atoms. The first-order valence-electron chi connectivity index (χ1n) is 3.09. The maximum Gasteiger partial charge on any atom is 0.101 e. The molecule has 54 valence electrons. The van der Waals surface area contributed by atoms with Crippen LogP contribution in [-0.4, -0.2) is 24.4 Å². The molecule has 0 heterocycles. The van der Waals surface area contributed by atoms with Gasteiger partial charge in [-0.1, -0.05) is 13.0 Å². The molecular weight excluding hydrogens is 116 g/mol. The number of ether oxygens (including phenoxy) is 1. The van der Waals surface area contributed by atoms with Crippen molar-refractivity contribution >= 4 is 0 Å². The van der Waals surface area contributed by atoms with Crippen LogP contribution in [0.1, 0.15) is 13.3 Å².